The molecule has 248 valence electrons. The van der Waals surface area contributed by atoms with Gasteiger partial charge in [0.05, 0.1) is 10.9 Å². The van der Waals surface area contributed by atoms with Crippen LogP contribution in [0.15, 0.2) is 87.5 Å². The van der Waals surface area contributed by atoms with Gasteiger partial charge in [-0.05, 0) is 98.7 Å². The van der Waals surface area contributed by atoms with E-state index in [1.807, 2.05) is 54.6 Å². The smallest absolute Gasteiger partial charge is 0.344 e. The molecule has 0 amide bonds. The van der Waals surface area contributed by atoms with Gasteiger partial charge in [0, 0.05) is 18.2 Å². The average Bonchev–Trinajstić information content (AvgIpc) is 2.92. The van der Waals surface area contributed by atoms with Crippen LogP contribution in [0.5, 0.6) is 17.2 Å². The van der Waals surface area contributed by atoms with Crippen LogP contribution in [0.2, 0.25) is 0 Å². The number of ether oxygens (including phenoxy) is 6. The van der Waals surface area contributed by atoms with Crippen molar-refractivity contribution in [1.82, 2.24) is 0 Å². The van der Waals surface area contributed by atoms with E-state index in [1.165, 1.54) is 0 Å². The van der Waals surface area contributed by atoms with Crippen molar-refractivity contribution in [3.63, 3.8) is 0 Å². The zero-order valence-electron chi connectivity index (χ0n) is 28.1. The lowest BCUT2D eigenvalue weighted by atomic mass is 10.2. The molecule has 10 heteroatoms. The highest BCUT2D eigenvalue weighted by atomic mass is 32.2. The number of rotatable bonds is 12. The Balaban J connectivity index is 1.93. The lowest BCUT2D eigenvalue weighted by molar-refractivity contribution is -0.158. The first kappa shape index (κ1) is 36.3. The van der Waals surface area contributed by atoms with Gasteiger partial charge in [0.1, 0.15) is 34.1 Å². The lowest BCUT2D eigenvalue weighted by Gasteiger charge is -2.19. The minimum absolute atomic E-state index is 0.240. The van der Waals surface area contributed by atoms with Crippen LogP contribution < -0.4 is 14.2 Å². The Kier molecular flexibility index (Phi) is 12.2. The second-order valence-corrected chi connectivity index (χ2v) is 15.4. The van der Waals surface area contributed by atoms with Gasteiger partial charge in [-0.3, -0.25) is 0 Å². The molecule has 0 bridgehead atoms. The highest BCUT2D eigenvalue weighted by molar-refractivity contribution is 7.97. The predicted molar refractivity (Wildman–Crippen MR) is 176 cm³/mol. The van der Waals surface area contributed by atoms with Gasteiger partial charge in [-0.15, -0.1) is 0 Å². The van der Waals surface area contributed by atoms with Crippen molar-refractivity contribution in [2.75, 3.05) is 19.8 Å². The van der Waals surface area contributed by atoms with Crippen molar-refractivity contribution in [2.24, 2.45) is 0 Å². The van der Waals surface area contributed by atoms with E-state index in [-0.39, 0.29) is 19.8 Å². The molecule has 0 aliphatic rings. The molecule has 0 radical (unpaired) electrons. The predicted octanol–water partition coefficient (Wildman–Crippen LogP) is 6.94. The Labute approximate surface area is 274 Å². The van der Waals surface area contributed by atoms with Gasteiger partial charge in [0.25, 0.3) is 0 Å². The first-order chi connectivity index (χ1) is 21.4. The van der Waals surface area contributed by atoms with E-state index in [9.17, 15) is 14.4 Å². The molecule has 0 saturated heterocycles. The molecule has 0 fully saturated rings. The average molecular weight is 654 g/mol. The maximum absolute atomic E-state index is 12.3. The van der Waals surface area contributed by atoms with Crippen molar-refractivity contribution < 1.29 is 42.8 Å². The van der Waals surface area contributed by atoms with Crippen molar-refractivity contribution in [3.8, 4) is 17.2 Å². The summed E-state index contributed by atoms with van der Waals surface area (Å²) in [6.45, 7) is 15.5. The first-order valence-electron chi connectivity index (χ1n) is 15.0. The molecule has 0 aliphatic heterocycles. The van der Waals surface area contributed by atoms with Gasteiger partial charge in [0.2, 0.25) is 0 Å². The Morgan fingerprint density at radius 2 is 0.739 bits per heavy atom. The number of hydrogen-bond acceptors (Lipinski definition) is 9. The molecule has 3 aromatic carbocycles. The topological polar surface area (TPSA) is 107 Å². The third-order valence-electron chi connectivity index (χ3n) is 5.45. The Bertz CT molecular complexity index is 1320. The highest BCUT2D eigenvalue weighted by Crippen LogP contribution is 2.36. The molecule has 9 nitrogen and oxygen atoms in total. The van der Waals surface area contributed by atoms with E-state index < -0.39 is 45.6 Å². The lowest BCUT2D eigenvalue weighted by Crippen LogP contribution is -2.27. The standard InChI is InChI=1S/C36H45O9S/c1-34(2,3)43-31(37)22-40-25-13-10-16-28(19-25)46(29-17-11-14-26(20-29)41-23-32(38)44-35(4,5)6)30-18-12-15-27(21-30)42-24-33(39)45-36(7,8)9/h10-21H,22-24H2,1-9H3/q+1. The summed E-state index contributed by atoms with van der Waals surface area (Å²) in [6.07, 6.45) is 0. The highest BCUT2D eigenvalue weighted by Gasteiger charge is 2.31. The molecule has 3 aromatic rings. The summed E-state index contributed by atoms with van der Waals surface area (Å²) in [6, 6.07) is 22.4. The fraction of sp³-hybridized carbons (Fsp3) is 0.417. The van der Waals surface area contributed by atoms with Crippen molar-refractivity contribution in [3.05, 3.63) is 72.8 Å². The monoisotopic (exact) mass is 653 g/mol. The normalized spacial score (nSPS) is 11.9. The van der Waals surface area contributed by atoms with Gasteiger partial charge in [-0.25, -0.2) is 14.4 Å². The molecular formula is C36H45O9S+. The third kappa shape index (κ3) is 13.0. The number of carbonyl (C=O) groups excluding carboxylic acids is 3. The van der Waals surface area contributed by atoms with E-state index in [4.69, 9.17) is 28.4 Å². The molecule has 0 heterocycles. The fourth-order valence-corrected chi connectivity index (χ4v) is 6.18. The summed E-state index contributed by atoms with van der Waals surface area (Å²) >= 11 is 0. The molecular weight excluding hydrogens is 608 g/mol. The first-order valence-corrected chi connectivity index (χ1v) is 16.2. The van der Waals surface area contributed by atoms with Crippen LogP contribution in [0.4, 0.5) is 0 Å². The molecule has 46 heavy (non-hydrogen) atoms. The van der Waals surface area contributed by atoms with Gasteiger partial charge in [-0.1, -0.05) is 18.2 Å². The van der Waals surface area contributed by atoms with Gasteiger partial charge >= 0.3 is 17.9 Å². The Morgan fingerprint density at radius 3 is 0.978 bits per heavy atom. The second-order valence-electron chi connectivity index (χ2n) is 13.4. The Hall–Kier alpha value is -4.18. The molecule has 0 unspecified atom stereocenters. The van der Waals surface area contributed by atoms with Crippen molar-refractivity contribution >= 4 is 28.8 Å². The van der Waals surface area contributed by atoms with Crippen LogP contribution in [0, 0.1) is 0 Å². The number of benzene rings is 3. The summed E-state index contributed by atoms with van der Waals surface area (Å²) in [5.41, 5.74) is -1.87. The molecule has 0 aromatic heterocycles. The minimum Gasteiger partial charge on any atom is -0.482 e. The quantitative estimate of drug-likeness (QED) is 0.117. The summed E-state index contributed by atoms with van der Waals surface area (Å²) in [7, 11) is -0.724. The van der Waals surface area contributed by atoms with E-state index in [2.05, 4.69) is 0 Å². The SMILES string of the molecule is CC(C)(C)OC(=O)COc1cccc([S+](c2cccc(OCC(=O)OC(C)(C)C)c2)c2cccc(OCC(=O)OC(C)(C)C)c2)c1. The van der Waals surface area contributed by atoms with E-state index in [1.54, 1.807) is 80.5 Å². The van der Waals surface area contributed by atoms with Crippen LogP contribution in [0.1, 0.15) is 62.3 Å². The minimum atomic E-state index is -0.724. The third-order valence-corrected chi connectivity index (χ3v) is 7.63. The molecule has 0 N–H and O–H groups in total. The van der Waals surface area contributed by atoms with Crippen molar-refractivity contribution in [2.45, 2.75) is 93.8 Å². The summed E-state index contributed by atoms with van der Waals surface area (Å²) < 4.78 is 33.6. The number of hydrogen-bond donors (Lipinski definition) is 0. The van der Waals surface area contributed by atoms with Crippen LogP contribution in [0.3, 0.4) is 0 Å². The van der Waals surface area contributed by atoms with Crippen LogP contribution in [0.25, 0.3) is 0 Å². The van der Waals surface area contributed by atoms with Crippen molar-refractivity contribution in [1.29, 1.82) is 0 Å². The maximum Gasteiger partial charge on any atom is 0.344 e. The van der Waals surface area contributed by atoms with Crippen LogP contribution >= 0.6 is 0 Å². The molecule has 0 saturated carbocycles. The summed E-state index contributed by atoms with van der Waals surface area (Å²) in [4.78, 5) is 39.6. The van der Waals surface area contributed by atoms with E-state index >= 15 is 0 Å². The number of esters is 3. The second kappa shape index (κ2) is 15.4. The maximum atomic E-state index is 12.3. The number of carbonyl (C=O) groups is 3. The van der Waals surface area contributed by atoms with E-state index in [0.717, 1.165) is 14.7 Å². The molecule has 0 aliphatic carbocycles. The summed E-state index contributed by atoms with van der Waals surface area (Å²) in [5, 5.41) is 0. The molecule has 0 spiro atoms. The largest absolute Gasteiger partial charge is 0.482 e. The van der Waals surface area contributed by atoms with E-state index in [0.29, 0.717) is 17.2 Å². The van der Waals surface area contributed by atoms with Gasteiger partial charge in [-0.2, -0.15) is 0 Å². The summed E-state index contributed by atoms with van der Waals surface area (Å²) in [5.74, 6) is 0.0753. The zero-order valence-corrected chi connectivity index (χ0v) is 28.9. The zero-order chi connectivity index (χ0) is 34.1. The fourth-order valence-electron chi connectivity index (χ4n) is 4.02. The van der Waals surface area contributed by atoms with Gasteiger partial charge in [0.15, 0.2) is 34.5 Å². The molecule has 0 atom stereocenters. The van der Waals surface area contributed by atoms with Crippen LogP contribution in [-0.2, 0) is 39.5 Å². The Morgan fingerprint density at radius 1 is 0.478 bits per heavy atom. The molecule has 3 rings (SSSR count). The van der Waals surface area contributed by atoms with Gasteiger partial charge < -0.3 is 28.4 Å². The van der Waals surface area contributed by atoms with Crippen LogP contribution in [-0.4, -0.2) is 54.5 Å².